The fraction of sp³-hybridized carbons (Fsp3) is 0.522. The van der Waals surface area contributed by atoms with Crippen LogP contribution >= 0.6 is 0 Å². The molecule has 174 valence electrons. The first-order chi connectivity index (χ1) is 16.1. The highest BCUT2D eigenvalue weighted by molar-refractivity contribution is 5.78. The Bertz CT molecular complexity index is 1280. The summed E-state index contributed by atoms with van der Waals surface area (Å²) >= 11 is 0. The van der Waals surface area contributed by atoms with Gasteiger partial charge in [-0.15, -0.1) is 0 Å². The molecule has 4 heterocycles. The van der Waals surface area contributed by atoms with Crippen molar-refractivity contribution in [2.24, 2.45) is 0 Å². The number of nitrogens with zero attached hydrogens (tertiary/aromatic N) is 5. The maximum Gasteiger partial charge on any atom is 0.333 e. The minimum Gasteiger partial charge on any atom is -0.370 e. The monoisotopic (exact) mass is 451 g/mol. The van der Waals surface area contributed by atoms with E-state index in [9.17, 15) is 14.4 Å². The van der Waals surface area contributed by atoms with Crippen molar-refractivity contribution in [1.82, 2.24) is 29.0 Å². The van der Waals surface area contributed by atoms with Crippen LogP contribution < -0.4 is 16.6 Å². The van der Waals surface area contributed by atoms with Gasteiger partial charge >= 0.3 is 5.69 Å². The first-order valence-corrected chi connectivity index (χ1v) is 11.8. The van der Waals surface area contributed by atoms with Crippen molar-refractivity contribution in [3.05, 3.63) is 39.2 Å². The highest BCUT2D eigenvalue weighted by Gasteiger charge is 2.30. The molecule has 1 amide bonds. The summed E-state index contributed by atoms with van der Waals surface area (Å²) < 4.78 is 2.98. The Hall–Kier alpha value is -3.43. The van der Waals surface area contributed by atoms with Gasteiger partial charge < -0.3 is 15.2 Å². The Morgan fingerprint density at radius 3 is 2.70 bits per heavy atom. The van der Waals surface area contributed by atoms with Crippen molar-refractivity contribution >= 4 is 22.9 Å². The van der Waals surface area contributed by atoms with E-state index in [1.165, 1.54) is 4.57 Å². The van der Waals surface area contributed by atoms with E-state index in [0.717, 1.165) is 63.1 Å². The number of H-pyrrole nitrogens is 1. The van der Waals surface area contributed by atoms with Crippen LogP contribution in [0, 0.1) is 0 Å². The van der Waals surface area contributed by atoms with Crippen LogP contribution in [0.2, 0.25) is 0 Å². The Labute approximate surface area is 190 Å². The van der Waals surface area contributed by atoms with E-state index in [-0.39, 0.29) is 23.2 Å². The molecule has 0 aromatic carbocycles. The fourth-order valence-corrected chi connectivity index (χ4v) is 4.42. The van der Waals surface area contributed by atoms with Gasteiger partial charge in [0.2, 0.25) is 5.91 Å². The van der Waals surface area contributed by atoms with Gasteiger partial charge in [-0.2, -0.15) is 0 Å². The average Bonchev–Trinajstić information content (AvgIpc) is 3.40. The summed E-state index contributed by atoms with van der Waals surface area (Å²) in [4.78, 5) is 51.7. The van der Waals surface area contributed by atoms with Crippen molar-refractivity contribution in [2.75, 3.05) is 25.0 Å². The van der Waals surface area contributed by atoms with Crippen molar-refractivity contribution in [3.63, 3.8) is 0 Å². The maximum atomic E-state index is 13.0. The summed E-state index contributed by atoms with van der Waals surface area (Å²) in [6, 6.07) is 3.75. The second-order valence-corrected chi connectivity index (χ2v) is 8.82. The Morgan fingerprint density at radius 1 is 1.18 bits per heavy atom. The van der Waals surface area contributed by atoms with Crippen molar-refractivity contribution in [1.29, 1.82) is 0 Å². The van der Waals surface area contributed by atoms with Gasteiger partial charge in [0.1, 0.15) is 17.2 Å². The van der Waals surface area contributed by atoms with Crippen LogP contribution in [0.4, 0.5) is 5.82 Å². The minimum atomic E-state index is -0.300. The summed E-state index contributed by atoms with van der Waals surface area (Å²) in [6.07, 6.45) is 6.68. The number of amides is 1. The normalized spacial score (nSPS) is 16.2. The van der Waals surface area contributed by atoms with Gasteiger partial charge in [-0.25, -0.2) is 14.8 Å². The summed E-state index contributed by atoms with van der Waals surface area (Å²) in [5, 5.41) is 3.28. The molecule has 1 saturated heterocycles. The molecule has 0 atom stereocenters. The molecule has 0 spiro atoms. The second-order valence-electron chi connectivity index (χ2n) is 8.82. The molecule has 1 aliphatic heterocycles. The van der Waals surface area contributed by atoms with E-state index in [1.54, 1.807) is 10.8 Å². The topological polar surface area (TPSA) is 118 Å². The molecule has 33 heavy (non-hydrogen) atoms. The Morgan fingerprint density at radius 2 is 2.03 bits per heavy atom. The molecule has 10 heteroatoms. The van der Waals surface area contributed by atoms with Crippen LogP contribution in [0.15, 0.2) is 27.9 Å². The van der Waals surface area contributed by atoms with Gasteiger partial charge in [0, 0.05) is 50.4 Å². The average molecular weight is 452 g/mol. The molecule has 1 saturated carbocycles. The number of aromatic nitrogens is 5. The van der Waals surface area contributed by atoms with Crippen LogP contribution in [0.3, 0.4) is 0 Å². The number of nitrogens with one attached hydrogen (secondary N) is 2. The minimum absolute atomic E-state index is 0.000120. The van der Waals surface area contributed by atoms with Crippen LogP contribution in [0.25, 0.3) is 22.6 Å². The van der Waals surface area contributed by atoms with Gasteiger partial charge in [-0.05, 0) is 44.2 Å². The summed E-state index contributed by atoms with van der Waals surface area (Å²) in [5.41, 5.74) is 0.933. The molecule has 2 N–H and O–H groups in total. The highest BCUT2D eigenvalue weighted by atomic mass is 16.2. The summed E-state index contributed by atoms with van der Waals surface area (Å²) in [5.74, 6) is 1.50. The number of hydrogen-bond donors (Lipinski definition) is 2. The number of likely N-dealkylation sites (tertiary alicyclic amines) is 1. The predicted octanol–water partition coefficient (Wildman–Crippen LogP) is 2.12. The van der Waals surface area contributed by atoms with Crippen molar-refractivity contribution in [2.45, 2.75) is 58.0 Å². The van der Waals surface area contributed by atoms with Gasteiger partial charge in [0.15, 0.2) is 5.65 Å². The lowest BCUT2D eigenvalue weighted by molar-refractivity contribution is -0.127. The van der Waals surface area contributed by atoms with Crippen molar-refractivity contribution in [3.8, 4) is 11.4 Å². The van der Waals surface area contributed by atoms with E-state index in [2.05, 4.69) is 20.3 Å². The summed E-state index contributed by atoms with van der Waals surface area (Å²) in [6.45, 7) is 4.86. The Balaban J connectivity index is 1.33. The molecule has 3 aromatic rings. The molecular weight excluding hydrogens is 422 g/mol. The van der Waals surface area contributed by atoms with E-state index >= 15 is 0 Å². The number of aromatic amines is 1. The lowest BCUT2D eigenvalue weighted by Crippen LogP contribution is -2.39. The SMILES string of the molecule is CCCn1c(=O)n(C2CC2)c(=O)c2[nH]c(-c3ccc(NCCCN4CCCC4=O)nc3)nc21. The number of imidazole rings is 1. The number of carbonyl (C=O) groups excluding carboxylic acids is 1. The number of hydrogen-bond acceptors (Lipinski definition) is 6. The number of carbonyl (C=O) groups is 1. The smallest absolute Gasteiger partial charge is 0.333 e. The van der Waals surface area contributed by atoms with E-state index in [1.807, 2.05) is 24.0 Å². The van der Waals surface area contributed by atoms with E-state index in [0.29, 0.717) is 30.0 Å². The third-order valence-corrected chi connectivity index (χ3v) is 6.29. The van der Waals surface area contributed by atoms with Gasteiger partial charge in [-0.3, -0.25) is 18.7 Å². The molecule has 0 radical (unpaired) electrons. The number of pyridine rings is 1. The maximum absolute atomic E-state index is 13.0. The second kappa shape index (κ2) is 8.84. The van der Waals surface area contributed by atoms with Gasteiger partial charge in [0.05, 0.1) is 0 Å². The highest BCUT2D eigenvalue weighted by Crippen LogP contribution is 2.32. The van der Waals surface area contributed by atoms with Crippen LogP contribution in [-0.2, 0) is 11.3 Å². The largest absolute Gasteiger partial charge is 0.370 e. The molecule has 1 aliphatic carbocycles. The molecule has 10 nitrogen and oxygen atoms in total. The van der Waals surface area contributed by atoms with E-state index in [4.69, 9.17) is 0 Å². The summed E-state index contributed by atoms with van der Waals surface area (Å²) in [7, 11) is 0. The standard InChI is InChI=1S/C23H29N7O3/c1-2-11-29-21-19(22(32)30(23(29)33)16-7-8-16)26-20(27-21)15-6-9-17(25-14-15)24-10-4-13-28-12-3-5-18(28)31/h6,9,14,16H,2-5,7-8,10-13H2,1H3,(H,24,25)(H,26,27). The van der Waals surface area contributed by atoms with Gasteiger partial charge in [-0.1, -0.05) is 6.92 Å². The predicted molar refractivity (Wildman–Crippen MR) is 125 cm³/mol. The molecular formula is C23H29N7O3. The number of rotatable bonds is 9. The zero-order chi connectivity index (χ0) is 22.9. The van der Waals surface area contributed by atoms with Gasteiger partial charge in [0.25, 0.3) is 5.56 Å². The molecule has 3 aromatic heterocycles. The Kier molecular flexibility index (Phi) is 5.74. The molecule has 5 rings (SSSR count). The molecule has 0 bridgehead atoms. The lowest BCUT2D eigenvalue weighted by atomic mass is 10.2. The van der Waals surface area contributed by atoms with Crippen LogP contribution in [0.5, 0.6) is 0 Å². The first-order valence-electron chi connectivity index (χ1n) is 11.8. The zero-order valence-corrected chi connectivity index (χ0v) is 18.8. The number of aryl methyl sites for hydroxylation is 1. The van der Waals surface area contributed by atoms with Crippen LogP contribution in [0.1, 0.15) is 51.5 Å². The molecule has 2 aliphatic rings. The van der Waals surface area contributed by atoms with E-state index < -0.39 is 0 Å². The third kappa shape index (κ3) is 4.17. The quantitative estimate of drug-likeness (QED) is 0.481. The molecule has 0 unspecified atom stereocenters. The number of anilines is 1. The molecule has 2 fully saturated rings. The first kappa shape index (κ1) is 21.4. The van der Waals surface area contributed by atoms with Crippen molar-refractivity contribution < 1.29 is 4.79 Å². The number of fused-ring (bicyclic) bond motifs is 1. The third-order valence-electron chi connectivity index (χ3n) is 6.29. The zero-order valence-electron chi connectivity index (χ0n) is 18.8. The lowest BCUT2D eigenvalue weighted by Gasteiger charge is -2.15. The fourth-order valence-electron chi connectivity index (χ4n) is 4.42. The van der Waals surface area contributed by atoms with Crippen LogP contribution in [-0.4, -0.2) is 54.5 Å².